The predicted molar refractivity (Wildman–Crippen MR) is 86.7 cm³/mol. The number of rotatable bonds is 6. The molecular formula is C16H24N2OS. The van der Waals surface area contributed by atoms with Crippen molar-refractivity contribution in [3.8, 4) is 0 Å². The number of aliphatic hydroxyl groups is 1. The summed E-state index contributed by atoms with van der Waals surface area (Å²) in [5.41, 5.74) is 7.83. The van der Waals surface area contributed by atoms with Gasteiger partial charge in [0, 0.05) is 24.7 Å². The lowest BCUT2D eigenvalue weighted by atomic mass is 9.93. The number of hydrogen-bond acceptors (Lipinski definition) is 3. The maximum Gasteiger partial charge on any atom is 0.103 e. The summed E-state index contributed by atoms with van der Waals surface area (Å²) in [4.78, 5) is 2.84. The van der Waals surface area contributed by atoms with E-state index in [2.05, 4.69) is 17.0 Å². The molecule has 1 aromatic carbocycles. The van der Waals surface area contributed by atoms with Crippen molar-refractivity contribution in [3.05, 3.63) is 35.4 Å². The first kappa shape index (κ1) is 15.4. The largest absolute Gasteiger partial charge is 0.395 e. The zero-order valence-corrected chi connectivity index (χ0v) is 12.7. The minimum Gasteiger partial charge on any atom is -0.395 e. The van der Waals surface area contributed by atoms with Crippen LogP contribution in [0.2, 0.25) is 0 Å². The maximum absolute atomic E-state index is 9.31. The quantitative estimate of drug-likeness (QED) is 0.791. The Morgan fingerprint density at radius 3 is 2.70 bits per heavy atom. The Morgan fingerprint density at radius 1 is 1.30 bits per heavy atom. The van der Waals surface area contributed by atoms with Gasteiger partial charge in [-0.15, -0.1) is 0 Å². The molecule has 1 fully saturated rings. The molecule has 0 amide bonds. The molecule has 0 heterocycles. The second-order valence-corrected chi connectivity index (χ2v) is 5.99. The summed E-state index contributed by atoms with van der Waals surface area (Å²) in [6.07, 6.45) is 6.45. The molecule has 0 aliphatic heterocycles. The molecule has 1 aliphatic rings. The van der Waals surface area contributed by atoms with Gasteiger partial charge in [0.2, 0.25) is 0 Å². The highest BCUT2D eigenvalue weighted by atomic mass is 32.1. The fourth-order valence-electron chi connectivity index (χ4n) is 3.02. The third-order valence-electron chi connectivity index (χ3n) is 4.08. The predicted octanol–water partition coefficient (Wildman–Crippen LogP) is 2.45. The van der Waals surface area contributed by atoms with Crippen LogP contribution in [0.25, 0.3) is 0 Å². The van der Waals surface area contributed by atoms with Crippen LogP contribution in [0.3, 0.4) is 0 Å². The highest BCUT2D eigenvalue weighted by molar-refractivity contribution is 7.80. The van der Waals surface area contributed by atoms with Crippen LogP contribution in [0.4, 0.5) is 0 Å². The zero-order chi connectivity index (χ0) is 14.4. The van der Waals surface area contributed by atoms with E-state index in [1.807, 2.05) is 12.1 Å². The van der Waals surface area contributed by atoms with Gasteiger partial charge in [0.15, 0.2) is 0 Å². The van der Waals surface area contributed by atoms with Crippen LogP contribution in [-0.2, 0) is 6.54 Å². The zero-order valence-electron chi connectivity index (χ0n) is 11.9. The van der Waals surface area contributed by atoms with Crippen molar-refractivity contribution in [2.45, 2.75) is 44.7 Å². The molecule has 0 radical (unpaired) electrons. The number of hydrogen-bond donors (Lipinski definition) is 2. The lowest BCUT2D eigenvalue weighted by Crippen LogP contribution is -2.38. The molecule has 0 spiro atoms. The summed E-state index contributed by atoms with van der Waals surface area (Å²) in [6.45, 7) is 1.81. The van der Waals surface area contributed by atoms with Crippen molar-refractivity contribution in [2.75, 3.05) is 13.2 Å². The van der Waals surface area contributed by atoms with Crippen LogP contribution >= 0.6 is 12.2 Å². The van der Waals surface area contributed by atoms with E-state index < -0.39 is 0 Å². The van der Waals surface area contributed by atoms with Crippen LogP contribution < -0.4 is 5.73 Å². The van der Waals surface area contributed by atoms with E-state index >= 15 is 0 Å². The Morgan fingerprint density at radius 2 is 2.05 bits per heavy atom. The second-order valence-electron chi connectivity index (χ2n) is 5.55. The van der Waals surface area contributed by atoms with Gasteiger partial charge in [-0.25, -0.2) is 0 Å². The smallest absolute Gasteiger partial charge is 0.103 e. The second kappa shape index (κ2) is 7.72. The van der Waals surface area contributed by atoms with Gasteiger partial charge < -0.3 is 10.8 Å². The van der Waals surface area contributed by atoms with E-state index in [1.54, 1.807) is 0 Å². The van der Waals surface area contributed by atoms with Crippen molar-refractivity contribution in [3.63, 3.8) is 0 Å². The van der Waals surface area contributed by atoms with Crippen molar-refractivity contribution in [2.24, 2.45) is 5.73 Å². The lowest BCUT2D eigenvalue weighted by Gasteiger charge is -2.34. The van der Waals surface area contributed by atoms with E-state index in [-0.39, 0.29) is 6.61 Å². The highest BCUT2D eigenvalue weighted by Gasteiger charge is 2.20. The first-order chi connectivity index (χ1) is 9.70. The molecular weight excluding hydrogens is 268 g/mol. The molecule has 0 aromatic heterocycles. The van der Waals surface area contributed by atoms with E-state index in [1.165, 1.54) is 37.7 Å². The molecule has 0 bridgehead atoms. The summed E-state index contributed by atoms with van der Waals surface area (Å²) in [5.74, 6) is 0. The van der Waals surface area contributed by atoms with Crippen LogP contribution in [0.15, 0.2) is 24.3 Å². The Hall–Kier alpha value is -0.970. The van der Waals surface area contributed by atoms with Crippen LogP contribution in [0, 0.1) is 0 Å². The standard InChI is InChI=1S/C16H24N2OS/c17-16(20)14-6-4-5-13(11-14)12-18(9-10-19)15-7-2-1-3-8-15/h4-6,11,15,19H,1-3,7-10,12H2,(H2,17,20). The van der Waals surface area contributed by atoms with Crippen LogP contribution in [0.5, 0.6) is 0 Å². The van der Waals surface area contributed by atoms with Crippen LogP contribution in [0.1, 0.15) is 43.2 Å². The van der Waals surface area contributed by atoms with E-state index in [4.69, 9.17) is 18.0 Å². The molecule has 0 saturated heterocycles. The summed E-state index contributed by atoms with van der Waals surface area (Å²) in [5, 5.41) is 9.31. The van der Waals surface area contributed by atoms with Gasteiger partial charge in [-0.05, 0) is 24.5 Å². The van der Waals surface area contributed by atoms with Crippen molar-refractivity contribution < 1.29 is 5.11 Å². The van der Waals surface area contributed by atoms with E-state index in [0.717, 1.165) is 18.7 Å². The monoisotopic (exact) mass is 292 g/mol. The molecule has 3 nitrogen and oxygen atoms in total. The molecule has 1 saturated carbocycles. The summed E-state index contributed by atoms with van der Waals surface area (Å²) in [6, 6.07) is 8.72. The molecule has 110 valence electrons. The number of nitrogens with zero attached hydrogens (tertiary/aromatic N) is 1. The van der Waals surface area contributed by atoms with Gasteiger partial charge in [0.1, 0.15) is 4.99 Å². The fraction of sp³-hybridized carbons (Fsp3) is 0.562. The molecule has 0 unspecified atom stereocenters. The number of thiocarbonyl (C=S) groups is 1. The van der Waals surface area contributed by atoms with Gasteiger partial charge in [-0.2, -0.15) is 0 Å². The summed E-state index contributed by atoms with van der Waals surface area (Å²) >= 11 is 5.04. The van der Waals surface area contributed by atoms with Gasteiger partial charge in [0.25, 0.3) is 0 Å². The fourth-order valence-corrected chi connectivity index (χ4v) is 3.15. The summed E-state index contributed by atoms with van der Waals surface area (Å²) in [7, 11) is 0. The Balaban J connectivity index is 2.06. The van der Waals surface area contributed by atoms with E-state index in [0.29, 0.717) is 11.0 Å². The van der Waals surface area contributed by atoms with Gasteiger partial charge in [0.05, 0.1) is 6.61 Å². The minimum atomic E-state index is 0.214. The Bertz CT molecular complexity index is 444. The molecule has 1 aliphatic carbocycles. The topological polar surface area (TPSA) is 49.5 Å². The average Bonchev–Trinajstić information content (AvgIpc) is 2.48. The van der Waals surface area contributed by atoms with Crippen LogP contribution in [-0.4, -0.2) is 34.2 Å². The SMILES string of the molecule is NC(=S)c1cccc(CN(CCO)C2CCCCC2)c1. The lowest BCUT2D eigenvalue weighted by molar-refractivity contribution is 0.117. The molecule has 2 rings (SSSR count). The Labute approximate surface area is 126 Å². The van der Waals surface area contributed by atoms with Crippen molar-refractivity contribution in [1.29, 1.82) is 0 Å². The van der Waals surface area contributed by atoms with Crippen molar-refractivity contribution in [1.82, 2.24) is 4.90 Å². The third kappa shape index (κ3) is 4.27. The first-order valence-electron chi connectivity index (χ1n) is 7.44. The normalized spacial score (nSPS) is 16.5. The van der Waals surface area contributed by atoms with Crippen molar-refractivity contribution >= 4 is 17.2 Å². The number of nitrogens with two attached hydrogens (primary N) is 1. The average molecular weight is 292 g/mol. The molecule has 3 N–H and O–H groups in total. The van der Waals surface area contributed by atoms with E-state index in [9.17, 15) is 5.11 Å². The van der Waals surface area contributed by atoms with Gasteiger partial charge >= 0.3 is 0 Å². The molecule has 1 aromatic rings. The minimum absolute atomic E-state index is 0.214. The molecule has 4 heteroatoms. The Kier molecular flexibility index (Phi) is 5.95. The molecule has 0 atom stereocenters. The highest BCUT2D eigenvalue weighted by Crippen LogP contribution is 2.24. The van der Waals surface area contributed by atoms with Gasteiger partial charge in [-0.3, -0.25) is 4.90 Å². The maximum atomic E-state index is 9.31. The number of aliphatic hydroxyl groups excluding tert-OH is 1. The third-order valence-corrected chi connectivity index (χ3v) is 4.31. The van der Waals surface area contributed by atoms with Gasteiger partial charge in [-0.1, -0.05) is 49.7 Å². The number of benzene rings is 1. The molecule has 20 heavy (non-hydrogen) atoms. The first-order valence-corrected chi connectivity index (χ1v) is 7.85. The summed E-state index contributed by atoms with van der Waals surface area (Å²) < 4.78 is 0.